The number of hydrogen-bond donors (Lipinski definition) is 1. The van der Waals surface area contributed by atoms with E-state index in [-0.39, 0.29) is 0 Å². The van der Waals surface area contributed by atoms with Crippen molar-refractivity contribution in [2.75, 3.05) is 0 Å². The number of nitrogens with one attached hydrogen (secondary N) is 1. The van der Waals surface area contributed by atoms with Crippen molar-refractivity contribution >= 4 is 23.4 Å². The standard InChI is InChI=1S/C13H12F2N4S/c1-3-18-12-11(7(2)17-18)16-13(20)19(12)10-5-8(14)4-9(15)6-10/h4-6H,3H2,1-2H3,(H,16,20). The summed E-state index contributed by atoms with van der Waals surface area (Å²) in [6.07, 6.45) is 0. The van der Waals surface area contributed by atoms with Crippen LogP contribution in [0.1, 0.15) is 12.6 Å². The monoisotopic (exact) mass is 294 g/mol. The molecule has 1 aromatic carbocycles. The van der Waals surface area contributed by atoms with Crippen LogP contribution >= 0.6 is 12.2 Å². The maximum atomic E-state index is 13.4. The Morgan fingerprint density at radius 2 is 1.90 bits per heavy atom. The molecule has 0 saturated heterocycles. The third kappa shape index (κ3) is 1.85. The van der Waals surface area contributed by atoms with Gasteiger partial charge in [-0.3, -0.25) is 4.57 Å². The van der Waals surface area contributed by atoms with E-state index in [1.165, 1.54) is 12.1 Å². The van der Waals surface area contributed by atoms with Gasteiger partial charge in [0.2, 0.25) is 0 Å². The minimum Gasteiger partial charge on any atom is -0.327 e. The average molecular weight is 294 g/mol. The van der Waals surface area contributed by atoms with E-state index in [0.29, 0.717) is 22.7 Å². The summed E-state index contributed by atoms with van der Waals surface area (Å²) >= 11 is 5.26. The zero-order valence-corrected chi connectivity index (χ0v) is 11.8. The topological polar surface area (TPSA) is 38.5 Å². The average Bonchev–Trinajstić information content (AvgIpc) is 2.85. The van der Waals surface area contributed by atoms with Crippen LogP contribution < -0.4 is 0 Å². The number of halogens is 2. The zero-order valence-electron chi connectivity index (χ0n) is 10.9. The number of aromatic nitrogens is 4. The van der Waals surface area contributed by atoms with Crippen molar-refractivity contribution in [3.05, 3.63) is 40.3 Å². The number of benzene rings is 1. The Kier molecular flexibility index (Phi) is 2.93. The second-order valence-corrected chi connectivity index (χ2v) is 4.88. The largest absolute Gasteiger partial charge is 0.327 e. The third-order valence-electron chi connectivity index (χ3n) is 3.15. The van der Waals surface area contributed by atoms with Gasteiger partial charge in [0, 0.05) is 12.6 Å². The van der Waals surface area contributed by atoms with E-state index in [9.17, 15) is 8.78 Å². The SMILES string of the molecule is CCn1nc(C)c2[nH]c(=S)n(-c3cc(F)cc(F)c3)c21. The summed E-state index contributed by atoms with van der Waals surface area (Å²) in [5.41, 5.74) is 2.62. The van der Waals surface area contributed by atoms with Crippen molar-refractivity contribution in [1.29, 1.82) is 0 Å². The number of aryl methyl sites for hydroxylation is 2. The molecule has 0 unspecified atom stereocenters. The Labute approximate surface area is 118 Å². The molecule has 0 atom stereocenters. The number of hydrogen-bond acceptors (Lipinski definition) is 2. The van der Waals surface area contributed by atoms with Crippen LogP contribution in [0, 0.1) is 23.3 Å². The molecule has 4 nitrogen and oxygen atoms in total. The third-order valence-corrected chi connectivity index (χ3v) is 3.44. The van der Waals surface area contributed by atoms with Crippen molar-refractivity contribution in [1.82, 2.24) is 19.3 Å². The molecule has 0 aliphatic rings. The fourth-order valence-electron chi connectivity index (χ4n) is 2.33. The molecule has 7 heteroatoms. The Balaban J connectivity index is 2.41. The van der Waals surface area contributed by atoms with Gasteiger partial charge in [-0.2, -0.15) is 5.10 Å². The van der Waals surface area contributed by atoms with E-state index < -0.39 is 11.6 Å². The van der Waals surface area contributed by atoms with Gasteiger partial charge in [-0.15, -0.1) is 0 Å². The lowest BCUT2D eigenvalue weighted by Crippen LogP contribution is -2.04. The first-order valence-electron chi connectivity index (χ1n) is 6.16. The minimum absolute atomic E-state index is 0.341. The van der Waals surface area contributed by atoms with E-state index in [1.807, 2.05) is 13.8 Å². The fourth-order valence-corrected chi connectivity index (χ4v) is 2.62. The fraction of sp³-hybridized carbons (Fsp3) is 0.231. The van der Waals surface area contributed by atoms with Crippen molar-refractivity contribution in [2.24, 2.45) is 0 Å². The lowest BCUT2D eigenvalue weighted by Gasteiger charge is -2.06. The van der Waals surface area contributed by atoms with Crippen LogP contribution in [-0.2, 0) is 6.54 Å². The first kappa shape index (κ1) is 13.0. The second kappa shape index (κ2) is 4.52. The first-order chi connectivity index (χ1) is 9.51. The molecule has 3 aromatic rings. The van der Waals surface area contributed by atoms with Crippen molar-refractivity contribution in [2.45, 2.75) is 20.4 Å². The van der Waals surface area contributed by atoms with E-state index in [1.54, 1.807) is 9.25 Å². The van der Waals surface area contributed by atoms with Crippen LogP contribution in [0.15, 0.2) is 18.2 Å². The predicted molar refractivity (Wildman–Crippen MR) is 74.6 cm³/mol. The lowest BCUT2D eigenvalue weighted by molar-refractivity contribution is 0.581. The van der Waals surface area contributed by atoms with Crippen LogP contribution in [0.25, 0.3) is 16.9 Å². The number of fused-ring (bicyclic) bond motifs is 1. The molecular weight excluding hydrogens is 282 g/mol. The molecule has 3 rings (SSSR count). The molecule has 2 aromatic heterocycles. The normalized spacial score (nSPS) is 11.4. The van der Waals surface area contributed by atoms with Gasteiger partial charge in [0.1, 0.15) is 17.2 Å². The highest BCUT2D eigenvalue weighted by molar-refractivity contribution is 7.71. The smallest absolute Gasteiger partial charge is 0.184 e. The molecule has 0 fully saturated rings. The maximum Gasteiger partial charge on any atom is 0.184 e. The summed E-state index contributed by atoms with van der Waals surface area (Å²) < 4.78 is 30.6. The van der Waals surface area contributed by atoms with Crippen LogP contribution in [0.5, 0.6) is 0 Å². The van der Waals surface area contributed by atoms with Crippen LogP contribution in [0.4, 0.5) is 8.78 Å². The molecule has 0 bridgehead atoms. The second-order valence-electron chi connectivity index (χ2n) is 4.49. The van der Waals surface area contributed by atoms with Gasteiger partial charge < -0.3 is 4.98 Å². The van der Waals surface area contributed by atoms with Gasteiger partial charge in [-0.05, 0) is 38.2 Å². The Bertz CT molecular complexity index is 839. The summed E-state index contributed by atoms with van der Waals surface area (Å²) in [6.45, 7) is 4.43. The molecule has 0 saturated carbocycles. The summed E-state index contributed by atoms with van der Waals surface area (Å²) in [7, 11) is 0. The molecule has 104 valence electrons. The van der Waals surface area contributed by atoms with Crippen LogP contribution in [0.3, 0.4) is 0 Å². The maximum absolute atomic E-state index is 13.4. The molecular formula is C13H12F2N4S. The van der Waals surface area contributed by atoms with Gasteiger partial charge >= 0.3 is 0 Å². The highest BCUT2D eigenvalue weighted by Crippen LogP contribution is 2.23. The minimum atomic E-state index is -0.643. The van der Waals surface area contributed by atoms with Crippen molar-refractivity contribution < 1.29 is 8.78 Å². The molecule has 0 amide bonds. The highest BCUT2D eigenvalue weighted by atomic mass is 32.1. The molecule has 1 N–H and O–H groups in total. The molecule has 0 spiro atoms. The number of H-pyrrole nitrogens is 1. The lowest BCUT2D eigenvalue weighted by atomic mass is 10.3. The van der Waals surface area contributed by atoms with Crippen molar-refractivity contribution in [3.63, 3.8) is 0 Å². The molecule has 0 aliphatic carbocycles. The first-order valence-corrected chi connectivity index (χ1v) is 6.56. The number of aromatic amines is 1. The van der Waals surface area contributed by atoms with Crippen LogP contribution in [-0.4, -0.2) is 19.3 Å². The summed E-state index contributed by atoms with van der Waals surface area (Å²) in [4.78, 5) is 3.04. The molecule has 0 aliphatic heterocycles. The predicted octanol–water partition coefficient (Wildman–Crippen LogP) is 3.49. The van der Waals surface area contributed by atoms with Gasteiger partial charge in [-0.1, -0.05) is 0 Å². The molecule has 2 heterocycles. The number of imidazole rings is 1. The Hall–Kier alpha value is -2.02. The van der Waals surface area contributed by atoms with Gasteiger partial charge in [0.15, 0.2) is 10.4 Å². The van der Waals surface area contributed by atoms with Gasteiger partial charge in [0.25, 0.3) is 0 Å². The van der Waals surface area contributed by atoms with E-state index in [4.69, 9.17) is 12.2 Å². The highest BCUT2D eigenvalue weighted by Gasteiger charge is 2.16. The van der Waals surface area contributed by atoms with E-state index >= 15 is 0 Å². The number of rotatable bonds is 2. The molecule has 20 heavy (non-hydrogen) atoms. The Morgan fingerprint density at radius 3 is 2.50 bits per heavy atom. The van der Waals surface area contributed by atoms with E-state index in [2.05, 4.69) is 10.1 Å². The Morgan fingerprint density at radius 1 is 1.25 bits per heavy atom. The zero-order chi connectivity index (χ0) is 14.4. The van der Waals surface area contributed by atoms with E-state index in [0.717, 1.165) is 17.3 Å². The number of nitrogens with zero attached hydrogens (tertiary/aromatic N) is 3. The van der Waals surface area contributed by atoms with Gasteiger partial charge in [0.05, 0.1) is 11.4 Å². The summed E-state index contributed by atoms with van der Waals surface area (Å²) in [6, 6.07) is 3.32. The summed E-state index contributed by atoms with van der Waals surface area (Å²) in [5.74, 6) is -1.29. The van der Waals surface area contributed by atoms with Crippen molar-refractivity contribution in [3.8, 4) is 5.69 Å². The quantitative estimate of drug-likeness (QED) is 0.735. The van der Waals surface area contributed by atoms with Gasteiger partial charge in [-0.25, -0.2) is 13.5 Å². The molecule has 0 radical (unpaired) electrons. The summed E-state index contributed by atoms with van der Waals surface area (Å²) in [5, 5.41) is 4.37. The van der Waals surface area contributed by atoms with Crippen LogP contribution in [0.2, 0.25) is 0 Å².